The predicted molar refractivity (Wildman–Crippen MR) is 97.0 cm³/mol. The molecule has 0 aliphatic rings. The minimum Gasteiger partial charge on any atom is -0.381 e. The minimum absolute atomic E-state index is 0.586. The van der Waals surface area contributed by atoms with E-state index >= 15 is 0 Å². The van der Waals surface area contributed by atoms with Crippen molar-refractivity contribution in [3.05, 3.63) is 23.9 Å². The second-order valence-corrected chi connectivity index (χ2v) is 6.06. The number of aliphatic imine (C=N–C) groups is 1. The maximum Gasteiger partial charge on any atom is 0.191 e. The van der Waals surface area contributed by atoms with Crippen LogP contribution in [-0.4, -0.2) is 51.8 Å². The van der Waals surface area contributed by atoms with Crippen molar-refractivity contribution in [3.63, 3.8) is 0 Å². The smallest absolute Gasteiger partial charge is 0.191 e. The molecule has 1 heterocycles. The first-order chi connectivity index (χ1) is 11.0. The van der Waals surface area contributed by atoms with Gasteiger partial charge in [0.15, 0.2) is 5.96 Å². The number of hydrogen-bond donors (Lipinski definition) is 2. The van der Waals surface area contributed by atoms with Crippen molar-refractivity contribution >= 4 is 11.8 Å². The standard InChI is InChI=1S/C17H31N5O/c1-14(2)13-23-11-7-10-19-17(18-3)20-12-15-8-6-9-16(21-15)22(4)5/h6,8-9,14H,7,10-13H2,1-5H3,(H2,18,19,20). The summed E-state index contributed by atoms with van der Waals surface area (Å²) >= 11 is 0. The Labute approximate surface area is 140 Å². The fourth-order valence-corrected chi connectivity index (χ4v) is 1.91. The summed E-state index contributed by atoms with van der Waals surface area (Å²) in [5.41, 5.74) is 0.986. The molecule has 0 aliphatic carbocycles. The zero-order chi connectivity index (χ0) is 17.1. The quantitative estimate of drug-likeness (QED) is 0.413. The topological polar surface area (TPSA) is 61.8 Å². The van der Waals surface area contributed by atoms with E-state index in [1.54, 1.807) is 7.05 Å². The van der Waals surface area contributed by atoms with Gasteiger partial charge >= 0.3 is 0 Å². The second kappa shape index (κ2) is 10.8. The van der Waals surface area contributed by atoms with E-state index in [4.69, 9.17) is 4.74 Å². The number of nitrogens with one attached hydrogen (secondary N) is 2. The highest BCUT2D eigenvalue weighted by Gasteiger charge is 2.02. The molecule has 0 radical (unpaired) electrons. The molecule has 0 fully saturated rings. The van der Waals surface area contributed by atoms with Crippen LogP contribution in [0.5, 0.6) is 0 Å². The highest BCUT2D eigenvalue weighted by atomic mass is 16.5. The van der Waals surface area contributed by atoms with E-state index in [1.807, 2.05) is 37.2 Å². The zero-order valence-electron chi connectivity index (χ0n) is 15.1. The normalized spacial score (nSPS) is 11.7. The number of pyridine rings is 1. The van der Waals surface area contributed by atoms with Crippen molar-refractivity contribution in [1.82, 2.24) is 15.6 Å². The molecule has 0 unspecified atom stereocenters. The van der Waals surface area contributed by atoms with E-state index < -0.39 is 0 Å². The predicted octanol–water partition coefficient (Wildman–Crippen LogP) is 1.88. The molecule has 0 aromatic carbocycles. The molecule has 1 rings (SSSR count). The Morgan fingerprint density at radius 1 is 1.30 bits per heavy atom. The Morgan fingerprint density at radius 2 is 2.09 bits per heavy atom. The van der Waals surface area contributed by atoms with Gasteiger partial charge in [-0.2, -0.15) is 0 Å². The van der Waals surface area contributed by atoms with Crippen LogP contribution in [0.25, 0.3) is 0 Å². The summed E-state index contributed by atoms with van der Waals surface area (Å²) in [6.07, 6.45) is 0.960. The van der Waals surface area contributed by atoms with Crippen LogP contribution in [0.1, 0.15) is 26.0 Å². The summed E-state index contributed by atoms with van der Waals surface area (Å²) in [6.45, 7) is 7.39. The van der Waals surface area contributed by atoms with E-state index in [0.717, 1.165) is 43.7 Å². The SMILES string of the molecule is CN=C(NCCCOCC(C)C)NCc1cccc(N(C)C)n1. The van der Waals surface area contributed by atoms with Crippen LogP contribution in [0.4, 0.5) is 5.82 Å². The van der Waals surface area contributed by atoms with Crippen LogP contribution in [0.15, 0.2) is 23.2 Å². The third kappa shape index (κ3) is 8.40. The van der Waals surface area contributed by atoms with Gasteiger partial charge in [-0.25, -0.2) is 4.98 Å². The summed E-state index contributed by atoms with van der Waals surface area (Å²) in [5.74, 6) is 2.32. The maximum absolute atomic E-state index is 5.56. The number of nitrogens with zero attached hydrogens (tertiary/aromatic N) is 3. The van der Waals surface area contributed by atoms with Gasteiger partial charge in [0.1, 0.15) is 5.82 Å². The lowest BCUT2D eigenvalue weighted by Gasteiger charge is -2.14. The van der Waals surface area contributed by atoms with Gasteiger partial charge < -0.3 is 20.3 Å². The lowest BCUT2D eigenvalue weighted by Crippen LogP contribution is -2.37. The Balaban J connectivity index is 2.27. The third-order valence-corrected chi connectivity index (χ3v) is 3.12. The van der Waals surface area contributed by atoms with E-state index in [-0.39, 0.29) is 0 Å². The van der Waals surface area contributed by atoms with Crippen LogP contribution in [0.2, 0.25) is 0 Å². The molecule has 0 aliphatic heterocycles. The van der Waals surface area contributed by atoms with Gasteiger partial charge in [-0.1, -0.05) is 19.9 Å². The number of ether oxygens (including phenoxy) is 1. The third-order valence-electron chi connectivity index (χ3n) is 3.12. The van der Waals surface area contributed by atoms with Crippen LogP contribution >= 0.6 is 0 Å². The molecule has 0 amide bonds. The fourth-order valence-electron chi connectivity index (χ4n) is 1.91. The molecule has 23 heavy (non-hydrogen) atoms. The van der Waals surface area contributed by atoms with Gasteiger partial charge in [0, 0.05) is 40.9 Å². The van der Waals surface area contributed by atoms with E-state index in [2.05, 4.69) is 34.5 Å². The van der Waals surface area contributed by atoms with E-state index in [1.165, 1.54) is 0 Å². The van der Waals surface area contributed by atoms with Crippen molar-refractivity contribution in [1.29, 1.82) is 0 Å². The van der Waals surface area contributed by atoms with Crippen LogP contribution < -0.4 is 15.5 Å². The van der Waals surface area contributed by atoms with Gasteiger partial charge in [-0.05, 0) is 24.5 Å². The first-order valence-corrected chi connectivity index (χ1v) is 8.18. The average Bonchev–Trinajstić information content (AvgIpc) is 2.53. The lowest BCUT2D eigenvalue weighted by molar-refractivity contribution is 0.108. The molecule has 6 nitrogen and oxygen atoms in total. The molecule has 2 N–H and O–H groups in total. The highest BCUT2D eigenvalue weighted by Crippen LogP contribution is 2.07. The highest BCUT2D eigenvalue weighted by molar-refractivity contribution is 5.79. The Kier molecular flexibility index (Phi) is 9.05. The van der Waals surface area contributed by atoms with Crippen LogP contribution in [0, 0.1) is 5.92 Å². The van der Waals surface area contributed by atoms with Crippen LogP contribution in [-0.2, 0) is 11.3 Å². The zero-order valence-corrected chi connectivity index (χ0v) is 15.1. The lowest BCUT2D eigenvalue weighted by atomic mass is 10.2. The average molecular weight is 321 g/mol. The molecule has 0 bridgehead atoms. The van der Waals surface area contributed by atoms with Crippen molar-refractivity contribution in [2.24, 2.45) is 10.9 Å². The molecule has 1 aromatic rings. The monoisotopic (exact) mass is 321 g/mol. The van der Waals surface area contributed by atoms with Crippen molar-refractivity contribution < 1.29 is 4.74 Å². The molecular weight excluding hydrogens is 290 g/mol. The van der Waals surface area contributed by atoms with Gasteiger partial charge in [0.05, 0.1) is 12.2 Å². The minimum atomic E-state index is 0.586. The Morgan fingerprint density at radius 3 is 2.74 bits per heavy atom. The van der Waals surface area contributed by atoms with Gasteiger partial charge in [-0.15, -0.1) is 0 Å². The molecule has 0 spiro atoms. The number of hydrogen-bond acceptors (Lipinski definition) is 4. The Hall–Kier alpha value is -1.82. The van der Waals surface area contributed by atoms with E-state index in [0.29, 0.717) is 12.5 Å². The Bertz CT molecular complexity index is 474. The molecule has 1 aromatic heterocycles. The summed E-state index contributed by atoms with van der Waals surface area (Å²) < 4.78 is 5.56. The summed E-state index contributed by atoms with van der Waals surface area (Å²) in [4.78, 5) is 10.8. The summed E-state index contributed by atoms with van der Waals surface area (Å²) in [7, 11) is 5.75. The van der Waals surface area contributed by atoms with Crippen molar-refractivity contribution in [2.75, 3.05) is 45.8 Å². The molecular formula is C17H31N5O. The number of anilines is 1. The molecule has 0 saturated heterocycles. The molecule has 0 atom stereocenters. The first kappa shape index (κ1) is 19.2. The fraction of sp³-hybridized carbons (Fsp3) is 0.647. The van der Waals surface area contributed by atoms with Gasteiger partial charge in [-0.3, -0.25) is 4.99 Å². The van der Waals surface area contributed by atoms with E-state index in [9.17, 15) is 0 Å². The molecule has 0 saturated carbocycles. The largest absolute Gasteiger partial charge is 0.381 e. The van der Waals surface area contributed by atoms with Crippen molar-refractivity contribution in [2.45, 2.75) is 26.8 Å². The van der Waals surface area contributed by atoms with Crippen LogP contribution in [0.3, 0.4) is 0 Å². The molecule has 130 valence electrons. The summed E-state index contributed by atoms with van der Waals surface area (Å²) in [5, 5.41) is 6.56. The molecule has 6 heteroatoms. The summed E-state index contributed by atoms with van der Waals surface area (Å²) in [6, 6.07) is 6.02. The van der Waals surface area contributed by atoms with Gasteiger partial charge in [0.25, 0.3) is 0 Å². The number of rotatable bonds is 9. The van der Waals surface area contributed by atoms with Gasteiger partial charge in [0.2, 0.25) is 0 Å². The van der Waals surface area contributed by atoms with Crippen molar-refractivity contribution in [3.8, 4) is 0 Å². The second-order valence-electron chi connectivity index (χ2n) is 6.06. The first-order valence-electron chi connectivity index (χ1n) is 8.18. The maximum atomic E-state index is 5.56. The number of guanidine groups is 1. The number of aromatic nitrogens is 1.